The first-order chi connectivity index (χ1) is 8.65. The van der Waals surface area contributed by atoms with Crippen LogP contribution in [0, 0.1) is 0 Å². The number of hydrogen-bond donors (Lipinski definition) is 1. The molecule has 1 aromatic carbocycles. The molecule has 92 valence electrons. The normalized spacial score (nSPS) is 10.1. The van der Waals surface area contributed by atoms with Crippen molar-refractivity contribution in [2.24, 2.45) is 0 Å². The standard InChI is InChI=1S/C13H10BrClN2O/c14-11-7-10(4-5-12(11)15)17-13(18)8-9-3-1-2-6-16-9/h1-7H,8H2,(H,17,18). The molecule has 1 heterocycles. The van der Waals surface area contributed by atoms with E-state index in [1.165, 1.54) is 0 Å². The van der Waals surface area contributed by atoms with Crippen LogP contribution in [0.3, 0.4) is 0 Å². The second-order valence-corrected chi connectivity index (χ2v) is 4.94. The van der Waals surface area contributed by atoms with Crippen LogP contribution in [-0.2, 0) is 11.2 Å². The Bertz CT molecular complexity index is 560. The molecule has 5 heteroatoms. The molecule has 0 atom stereocenters. The molecule has 0 fully saturated rings. The van der Waals surface area contributed by atoms with Crippen molar-refractivity contribution in [2.45, 2.75) is 6.42 Å². The van der Waals surface area contributed by atoms with Gasteiger partial charge in [-0.05, 0) is 46.3 Å². The first kappa shape index (κ1) is 13.1. The van der Waals surface area contributed by atoms with Gasteiger partial charge in [-0.25, -0.2) is 0 Å². The summed E-state index contributed by atoms with van der Waals surface area (Å²) >= 11 is 9.18. The zero-order valence-electron chi connectivity index (χ0n) is 9.36. The SMILES string of the molecule is O=C(Cc1ccccn1)Nc1ccc(Cl)c(Br)c1. The minimum atomic E-state index is -0.108. The summed E-state index contributed by atoms with van der Waals surface area (Å²) in [5, 5.41) is 3.40. The third kappa shape index (κ3) is 3.55. The Kier molecular flexibility index (Phi) is 4.33. The fraction of sp³-hybridized carbons (Fsp3) is 0.0769. The van der Waals surface area contributed by atoms with Crippen molar-refractivity contribution in [2.75, 3.05) is 5.32 Å². The molecule has 0 saturated carbocycles. The quantitative estimate of drug-likeness (QED) is 0.935. The molecular weight excluding hydrogens is 316 g/mol. The average molecular weight is 326 g/mol. The maximum atomic E-state index is 11.8. The largest absolute Gasteiger partial charge is 0.326 e. The highest BCUT2D eigenvalue weighted by Crippen LogP contribution is 2.25. The van der Waals surface area contributed by atoms with E-state index < -0.39 is 0 Å². The number of carbonyl (C=O) groups excluding carboxylic acids is 1. The van der Waals surface area contributed by atoms with E-state index in [-0.39, 0.29) is 12.3 Å². The van der Waals surface area contributed by atoms with Gasteiger partial charge in [-0.3, -0.25) is 9.78 Å². The Hall–Kier alpha value is -1.39. The van der Waals surface area contributed by atoms with E-state index in [9.17, 15) is 4.79 Å². The third-order valence-corrected chi connectivity index (χ3v) is 3.49. The molecule has 0 aliphatic heterocycles. The zero-order chi connectivity index (χ0) is 13.0. The summed E-state index contributed by atoms with van der Waals surface area (Å²) in [5.41, 5.74) is 1.44. The van der Waals surface area contributed by atoms with Crippen LogP contribution in [0.5, 0.6) is 0 Å². The molecule has 1 aromatic heterocycles. The lowest BCUT2D eigenvalue weighted by atomic mass is 10.2. The van der Waals surface area contributed by atoms with Crippen LogP contribution < -0.4 is 5.32 Å². The highest BCUT2D eigenvalue weighted by molar-refractivity contribution is 9.10. The van der Waals surface area contributed by atoms with Gasteiger partial charge in [0.1, 0.15) is 0 Å². The first-order valence-corrected chi connectivity index (χ1v) is 6.47. The van der Waals surface area contributed by atoms with Crippen molar-refractivity contribution in [3.8, 4) is 0 Å². The van der Waals surface area contributed by atoms with Gasteiger partial charge in [-0.15, -0.1) is 0 Å². The van der Waals surface area contributed by atoms with Gasteiger partial charge in [0.15, 0.2) is 0 Å². The smallest absolute Gasteiger partial charge is 0.230 e. The summed E-state index contributed by atoms with van der Waals surface area (Å²) in [7, 11) is 0. The topological polar surface area (TPSA) is 42.0 Å². The fourth-order valence-corrected chi connectivity index (χ4v) is 1.94. The van der Waals surface area contributed by atoms with Gasteiger partial charge in [-0.2, -0.15) is 0 Å². The van der Waals surface area contributed by atoms with Crippen molar-refractivity contribution in [3.05, 3.63) is 57.8 Å². The summed E-state index contributed by atoms with van der Waals surface area (Å²) in [5.74, 6) is -0.108. The van der Waals surface area contributed by atoms with Crippen LogP contribution in [0.15, 0.2) is 47.1 Å². The molecule has 3 nitrogen and oxygen atoms in total. The lowest BCUT2D eigenvalue weighted by molar-refractivity contribution is -0.115. The predicted molar refractivity (Wildman–Crippen MR) is 75.7 cm³/mol. The van der Waals surface area contributed by atoms with Crippen LogP contribution in [-0.4, -0.2) is 10.9 Å². The van der Waals surface area contributed by atoms with Crippen LogP contribution in [0.1, 0.15) is 5.69 Å². The summed E-state index contributed by atoms with van der Waals surface area (Å²) in [6.07, 6.45) is 1.92. The Morgan fingerprint density at radius 1 is 1.33 bits per heavy atom. The summed E-state index contributed by atoms with van der Waals surface area (Å²) in [4.78, 5) is 15.9. The van der Waals surface area contributed by atoms with Crippen molar-refractivity contribution >= 4 is 39.1 Å². The number of pyridine rings is 1. The fourth-order valence-electron chi connectivity index (χ4n) is 1.45. The second kappa shape index (κ2) is 5.98. The minimum absolute atomic E-state index is 0.108. The molecule has 0 unspecified atom stereocenters. The van der Waals surface area contributed by atoms with Crippen molar-refractivity contribution in [3.63, 3.8) is 0 Å². The Morgan fingerprint density at radius 2 is 2.17 bits per heavy atom. The number of aromatic nitrogens is 1. The monoisotopic (exact) mass is 324 g/mol. The van der Waals surface area contributed by atoms with E-state index in [1.54, 1.807) is 24.4 Å². The molecule has 0 aliphatic carbocycles. The van der Waals surface area contributed by atoms with Gasteiger partial charge < -0.3 is 5.32 Å². The molecule has 18 heavy (non-hydrogen) atoms. The van der Waals surface area contributed by atoms with E-state index in [4.69, 9.17) is 11.6 Å². The Balaban J connectivity index is 2.01. The maximum absolute atomic E-state index is 11.8. The number of amides is 1. The van der Waals surface area contributed by atoms with Gasteiger partial charge >= 0.3 is 0 Å². The van der Waals surface area contributed by atoms with Gasteiger partial charge in [0.05, 0.1) is 11.4 Å². The zero-order valence-corrected chi connectivity index (χ0v) is 11.7. The van der Waals surface area contributed by atoms with Crippen LogP contribution >= 0.6 is 27.5 Å². The van der Waals surface area contributed by atoms with Crippen LogP contribution in [0.2, 0.25) is 5.02 Å². The minimum Gasteiger partial charge on any atom is -0.326 e. The van der Waals surface area contributed by atoms with E-state index in [0.29, 0.717) is 10.7 Å². The van der Waals surface area contributed by atoms with E-state index in [1.807, 2.05) is 18.2 Å². The van der Waals surface area contributed by atoms with Gasteiger partial charge in [-0.1, -0.05) is 17.7 Å². The van der Waals surface area contributed by atoms with Crippen molar-refractivity contribution in [1.82, 2.24) is 4.98 Å². The van der Waals surface area contributed by atoms with E-state index >= 15 is 0 Å². The molecule has 0 spiro atoms. The molecule has 0 bridgehead atoms. The molecule has 0 aliphatic rings. The number of benzene rings is 1. The molecular formula is C13H10BrClN2O. The number of rotatable bonds is 3. The third-order valence-electron chi connectivity index (χ3n) is 2.27. The molecule has 2 aromatic rings. The van der Waals surface area contributed by atoms with Crippen molar-refractivity contribution in [1.29, 1.82) is 0 Å². The number of nitrogens with zero attached hydrogens (tertiary/aromatic N) is 1. The summed E-state index contributed by atoms with van der Waals surface area (Å²) in [6.45, 7) is 0. The maximum Gasteiger partial charge on any atom is 0.230 e. The van der Waals surface area contributed by atoms with Gasteiger partial charge in [0.25, 0.3) is 0 Å². The first-order valence-electron chi connectivity index (χ1n) is 5.30. The molecule has 2 rings (SSSR count). The van der Waals surface area contributed by atoms with E-state index in [0.717, 1.165) is 10.2 Å². The second-order valence-electron chi connectivity index (χ2n) is 3.67. The number of anilines is 1. The summed E-state index contributed by atoms with van der Waals surface area (Å²) in [6, 6.07) is 10.7. The van der Waals surface area contributed by atoms with Gasteiger partial charge in [0.2, 0.25) is 5.91 Å². The van der Waals surface area contributed by atoms with E-state index in [2.05, 4.69) is 26.2 Å². The highest BCUT2D eigenvalue weighted by atomic mass is 79.9. The number of halogens is 2. The Labute approximate surface area is 118 Å². The van der Waals surface area contributed by atoms with Crippen LogP contribution in [0.25, 0.3) is 0 Å². The average Bonchev–Trinajstić information content (AvgIpc) is 2.35. The Morgan fingerprint density at radius 3 is 2.83 bits per heavy atom. The predicted octanol–water partition coefficient (Wildman–Crippen LogP) is 3.68. The summed E-state index contributed by atoms with van der Waals surface area (Å²) < 4.78 is 0.750. The number of nitrogens with one attached hydrogen (secondary N) is 1. The van der Waals surface area contributed by atoms with Crippen molar-refractivity contribution < 1.29 is 4.79 Å². The lowest BCUT2D eigenvalue weighted by Crippen LogP contribution is -2.15. The lowest BCUT2D eigenvalue weighted by Gasteiger charge is -2.06. The number of carbonyl (C=O) groups is 1. The number of hydrogen-bond acceptors (Lipinski definition) is 2. The molecule has 1 N–H and O–H groups in total. The van der Waals surface area contributed by atoms with Gasteiger partial charge in [0, 0.05) is 22.1 Å². The molecule has 0 saturated heterocycles. The highest BCUT2D eigenvalue weighted by Gasteiger charge is 2.06. The van der Waals surface area contributed by atoms with Crippen LogP contribution in [0.4, 0.5) is 5.69 Å². The molecule has 0 radical (unpaired) electrons. The molecule has 1 amide bonds.